The molecule has 2 aromatic rings. The predicted molar refractivity (Wildman–Crippen MR) is 114 cm³/mol. The van der Waals surface area contributed by atoms with Gasteiger partial charge in [-0.2, -0.15) is 0 Å². The Balaban J connectivity index is 2.19. The fourth-order valence-corrected chi connectivity index (χ4v) is 3.94. The molecule has 0 bridgehead atoms. The highest BCUT2D eigenvalue weighted by Gasteiger charge is 2.33. The Morgan fingerprint density at radius 1 is 1.14 bits per heavy atom. The van der Waals surface area contributed by atoms with Gasteiger partial charge >= 0.3 is 0 Å². The number of halogens is 2. The van der Waals surface area contributed by atoms with Gasteiger partial charge in [-0.25, -0.2) is 4.98 Å². The predicted octanol–water partition coefficient (Wildman–Crippen LogP) is 3.04. The summed E-state index contributed by atoms with van der Waals surface area (Å²) in [7, 11) is 0. The van der Waals surface area contributed by atoms with Gasteiger partial charge in [0.2, 0.25) is 5.91 Å². The molecule has 0 atom stereocenters. The minimum absolute atomic E-state index is 0.0251. The molecule has 0 saturated carbocycles. The zero-order valence-corrected chi connectivity index (χ0v) is 17.6. The number of primary amides is 2. The Bertz CT molecular complexity index is 973. The third kappa shape index (κ3) is 4.54. The molecule has 0 spiro atoms. The first-order valence-corrected chi connectivity index (χ1v) is 9.78. The molecule has 2 aromatic heterocycles. The maximum Gasteiger partial charge on any atom is 0.252 e. The van der Waals surface area contributed by atoms with Crippen molar-refractivity contribution in [3.05, 3.63) is 39.1 Å². The fraction of sp³-hybridized carbons (Fsp3) is 0.368. The molecule has 0 radical (unpaired) electrons. The molecule has 154 valence electrons. The number of nitrogens with one attached hydrogen (secondary N) is 2. The number of aromatic nitrogens is 2. The minimum Gasteiger partial charge on any atom is -0.368 e. The van der Waals surface area contributed by atoms with Gasteiger partial charge in [-0.1, -0.05) is 37.0 Å². The summed E-state index contributed by atoms with van der Waals surface area (Å²) in [6, 6.07) is 0. The highest BCUT2D eigenvalue weighted by Crippen LogP contribution is 2.42. The van der Waals surface area contributed by atoms with Gasteiger partial charge in [-0.05, 0) is 35.8 Å². The van der Waals surface area contributed by atoms with Crippen LogP contribution in [0, 0.1) is 5.41 Å². The smallest absolute Gasteiger partial charge is 0.252 e. The van der Waals surface area contributed by atoms with Crippen molar-refractivity contribution in [2.75, 3.05) is 17.2 Å². The average molecular weight is 437 g/mol. The van der Waals surface area contributed by atoms with Crippen LogP contribution in [0.5, 0.6) is 0 Å². The lowest BCUT2D eigenvalue weighted by atomic mass is 9.73. The molecule has 0 aliphatic heterocycles. The number of carbonyl (C=O) groups excluding carboxylic acids is 2. The number of nitrogens with two attached hydrogens (primary N) is 2. The van der Waals surface area contributed by atoms with E-state index in [4.69, 9.17) is 34.7 Å². The van der Waals surface area contributed by atoms with Crippen molar-refractivity contribution in [1.82, 2.24) is 9.97 Å². The quantitative estimate of drug-likeness (QED) is 0.549. The molecule has 29 heavy (non-hydrogen) atoms. The van der Waals surface area contributed by atoms with Crippen molar-refractivity contribution in [3.63, 3.8) is 0 Å². The molecule has 3 rings (SSSR count). The lowest BCUT2D eigenvalue weighted by Gasteiger charge is -2.34. The maximum absolute atomic E-state index is 12.3. The van der Waals surface area contributed by atoms with Crippen LogP contribution in [0.15, 0.2) is 12.4 Å². The first-order chi connectivity index (χ1) is 13.6. The molecule has 1 aliphatic carbocycles. The van der Waals surface area contributed by atoms with E-state index in [0.29, 0.717) is 34.4 Å². The maximum atomic E-state index is 12.3. The fourth-order valence-electron chi connectivity index (χ4n) is 3.48. The minimum atomic E-state index is -0.620. The Morgan fingerprint density at radius 2 is 1.79 bits per heavy atom. The highest BCUT2D eigenvalue weighted by molar-refractivity contribution is 6.39. The summed E-state index contributed by atoms with van der Waals surface area (Å²) in [5.74, 6) is -0.529. The molecule has 8 nitrogen and oxygen atoms in total. The molecule has 0 unspecified atom stereocenters. The number of hydrogen-bond acceptors (Lipinski definition) is 6. The van der Waals surface area contributed by atoms with E-state index >= 15 is 0 Å². The topological polar surface area (TPSA) is 136 Å². The Hall–Kier alpha value is -2.58. The Labute approximate surface area is 178 Å². The largest absolute Gasteiger partial charge is 0.368 e. The monoisotopic (exact) mass is 436 g/mol. The number of rotatable bonds is 6. The molecule has 1 aliphatic rings. The molecule has 0 aromatic carbocycles. The van der Waals surface area contributed by atoms with Crippen LogP contribution in [0.3, 0.4) is 0 Å². The summed E-state index contributed by atoms with van der Waals surface area (Å²) < 4.78 is 0. The first kappa shape index (κ1) is 21.1. The van der Waals surface area contributed by atoms with Crippen molar-refractivity contribution >= 4 is 52.3 Å². The number of nitrogens with zero attached hydrogens (tertiary/aromatic N) is 2. The summed E-state index contributed by atoms with van der Waals surface area (Å²) in [5.41, 5.74) is 13.3. The van der Waals surface area contributed by atoms with Crippen LogP contribution in [-0.2, 0) is 17.6 Å². The zero-order valence-electron chi connectivity index (χ0n) is 16.1. The lowest BCUT2D eigenvalue weighted by molar-refractivity contribution is -0.116. The van der Waals surface area contributed by atoms with Gasteiger partial charge in [0.05, 0.1) is 27.8 Å². The van der Waals surface area contributed by atoms with E-state index in [9.17, 15) is 9.59 Å². The second-order valence-corrected chi connectivity index (χ2v) is 8.58. The van der Waals surface area contributed by atoms with Crippen LogP contribution in [0.1, 0.15) is 41.8 Å². The SMILES string of the molecule is CC1(C)CCc2c(Nc3c(Cl)cncc3Cl)nc(NCC(N)=O)c(C(N)=O)c2C1. The Morgan fingerprint density at radius 3 is 2.38 bits per heavy atom. The van der Waals surface area contributed by atoms with E-state index in [1.54, 1.807) is 0 Å². The third-order valence-corrected chi connectivity index (χ3v) is 5.47. The van der Waals surface area contributed by atoms with Crippen molar-refractivity contribution in [2.45, 2.75) is 33.1 Å². The van der Waals surface area contributed by atoms with E-state index in [-0.39, 0.29) is 23.3 Å². The normalized spacial score (nSPS) is 14.8. The number of amides is 2. The van der Waals surface area contributed by atoms with E-state index in [1.165, 1.54) is 12.4 Å². The molecule has 6 N–H and O–H groups in total. The van der Waals surface area contributed by atoms with Gasteiger partial charge in [-0.15, -0.1) is 0 Å². The summed E-state index contributed by atoms with van der Waals surface area (Å²) in [6.07, 6.45) is 5.15. The van der Waals surface area contributed by atoms with Crippen molar-refractivity contribution in [3.8, 4) is 0 Å². The van der Waals surface area contributed by atoms with Crippen LogP contribution in [0.4, 0.5) is 17.3 Å². The second-order valence-electron chi connectivity index (χ2n) is 7.77. The number of carbonyl (C=O) groups is 2. The summed E-state index contributed by atoms with van der Waals surface area (Å²) >= 11 is 12.5. The molecular weight excluding hydrogens is 415 g/mol. The van der Waals surface area contributed by atoms with Crippen LogP contribution < -0.4 is 22.1 Å². The van der Waals surface area contributed by atoms with Gasteiger partial charge in [0.15, 0.2) is 0 Å². The standard InChI is InChI=1S/C19H22Cl2N6O2/c1-19(2)4-3-9-10(5-19)14(16(23)29)18(25-8-13(22)28)27-17(9)26-15-11(20)6-24-7-12(15)21/h6-7H,3-5,8H2,1-2H3,(H2,22,28)(H2,23,29)(H2,24,25,26,27). The van der Waals surface area contributed by atoms with Gasteiger partial charge in [0.1, 0.15) is 11.6 Å². The van der Waals surface area contributed by atoms with Crippen LogP contribution in [0.25, 0.3) is 0 Å². The van der Waals surface area contributed by atoms with Crippen molar-refractivity contribution in [2.24, 2.45) is 16.9 Å². The van der Waals surface area contributed by atoms with Crippen LogP contribution in [0.2, 0.25) is 10.0 Å². The number of anilines is 3. The number of pyridine rings is 2. The van der Waals surface area contributed by atoms with Gasteiger partial charge in [-0.3, -0.25) is 14.6 Å². The van der Waals surface area contributed by atoms with Crippen LogP contribution in [-0.4, -0.2) is 28.3 Å². The summed E-state index contributed by atoms with van der Waals surface area (Å²) in [5, 5.41) is 6.65. The molecule has 2 heterocycles. The van der Waals surface area contributed by atoms with Crippen molar-refractivity contribution in [1.29, 1.82) is 0 Å². The lowest BCUT2D eigenvalue weighted by Crippen LogP contribution is -2.30. The zero-order chi connectivity index (χ0) is 21.3. The van der Waals surface area contributed by atoms with Gasteiger partial charge < -0.3 is 22.1 Å². The molecule has 0 saturated heterocycles. The second kappa shape index (κ2) is 8.04. The van der Waals surface area contributed by atoms with E-state index in [2.05, 4.69) is 34.4 Å². The molecule has 0 fully saturated rings. The molecule has 2 amide bonds. The number of fused-ring (bicyclic) bond motifs is 1. The van der Waals surface area contributed by atoms with E-state index in [0.717, 1.165) is 17.5 Å². The van der Waals surface area contributed by atoms with Gasteiger partial charge in [0, 0.05) is 12.4 Å². The van der Waals surface area contributed by atoms with Crippen LogP contribution >= 0.6 is 23.2 Å². The summed E-state index contributed by atoms with van der Waals surface area (Å²) in [4.78, 5) is 32.0. The average Bonchev–Trinajstić information content (AvgIpc) is 2.61. The highest BCUT2D eigenvalue weighted by atomic mass is 35.5. The Kier molecular flexibility index (Phi) is 5.86. The summed E-state index contributed by atoms with van der Waals surface area (Å²) in [6.45, 7) is 4.06. The molecular formula is C19H22Cl2N6O2. The van der Waals surface area contributed by atoms with E-state index in [1.807, 2.05) is 0 Å². The molecule has 10 heteroatoms. The van der Waals surface area contributed by atoms with Crippen molar-refractivity contribution < 1.29 is 9.59 Å². The number of hydrogen-bond donors (Lipinski definition) is 4. The van der Waals surface area contributed by atoms with E-state index < -0.39 is 11.8 Å². The third-order valence-electron chi connectivity index (χ3n) is 4.89. The van der Waals surface area contributed by atoms with Gasteiger partial charge in [0.25, 0.3) is 5.91 Å². The first-order valence-electron chi connectivity index (χ1n) is 9.03.